The molecule has 0 aliphatic carbocycles. The van der Waals surface area contributed by atoms with E-state index in [0.717, 1.165) is 16.8 Å². The average molecular weight is 255 g/mol. The van der Waals surface area contributed by atoms with Gasteiger partial charge < -0.3 is 11.1 Å². The second-order valence-corrected chi connectivity index (χ2v) is 4.52. The molecule has 0 spiro atoms. The third-order valence-electron chi connectivity index (χ3n) is 3.02. The van der Waals surface area contributed by atoms with Gasteiger partial charge in [-0.3, -0.25) is 9.78 Å². The van der Waals surface area contributed by atoms with Crippen LogP contribution >= 0.6 is 0 Å². The smallest absolute Gasteiger partial charge is 0.255 e. The molecular weight excluding hydrogens is 238 g/mol. The molecule has 98 valence electrons. The highest BCUT2D eigenvalue weighted by Crippen LogP contribution is 2.12. The number of pyridine rings is 1. The number of aromatic nitrogens is 1. The van der Waals surface area contributed by atoms with Crippen LogP contribution in [0.15, 0.2) is 36.5 Å². The third-order valence-corrected chi connectivity index (χ3v) is 3.02. The van der Waals surface area contributed by atoms with Crippen molar-refractivity contribution in [3.05, 3.63) is 58.9 Å². The number of nitrogens with zero attached hydrogens (tertiary/aromatic N) is 1. The van der Waals surface area contributed by atoms with Crippen LogP contribution in [0.3, 0.4) is 0 Å². The molecule has 1 amide bonds. The summed E-state index contributed by atoms with van der Waals surface area (Å²) in [6.07, 6.45) is 1.51. The lowest BCUT2D eigenvalue weighted by Gasteiger charge is -2.09. The summed E-state index contributed by atoms with van der Waals surface area (Å²) in [5.41, 5.74) is 9.73. The molecule has 0 atom stereocenters. The number of carbonyl (C=O) groups is 1. The highest BCUT2D eigenvalue weighted by Gasteiger charge is 2.10. The van der Waals surface area contributed by atoms with Crippen molar-refractivity contribution >= 4 is 11.6 Å². The summed E-state index contributed by atoms with van der Waals surface area (Å²) < 4.78 is 0. The van der Waals surface area contributed by atoms with Crippen LogP contribution in [0.1, 0.15) is 27.2 Å². The zero-order valence-electron chi connectivity index (χ0n) is 11.1. The first-order chi connectivity index (χ1) is 9.08. The Morgan fingerprint density at radius 2 is 2.05 bits per heavy atom. The highest BCUT2D eigenvalue weighted by molar-refractivity contribution is 5.98. The van der Waals surface area contributed by atoms with Crippen LogP contribution in [0.25, 0.3) is 0 Å². The van der Waals surface area contributed by atoms with E-state index in [1.165, 1.54) is 6.20 Å². The number of nitrogen functional groups attached to an aromatic ring is 1. The van der Waals surface area contributed by atoms with E-state index in [-0.39, 0.29) is 5.91 Å². The number of benzene rings is 1. The second-order valence-electron chi connectivity index (χ2n) is 4.52. The predicted molar refractivity (Wildman–Crippen MR) is 75.7 cm³/mol. The van der Waals surface area contributed by atoms with Gasteiger partial charge in [0.1, 0.15) is 0 Å². The maximum absolute atomic E-state index is 12.0. The molecule has 0 aliphatic rings. The third kappa shape index (κ3) is 3.10. The maximum atomic E-state index is 12.0. The van der Waals surface area contributed by atoms with E-state index in [2.05, 4.69) is 10.3 Å². The van der Waals surface area contributed by atoms with Crippen LogP contribution in [-0.2, 0) is 6.54 Å². The molecule has 0 fully saturated rings. The van der Waals surface area contributed by atoms with Crippen molar-refractivity contribution in [3.63, 3.8) is 0 Å². The first kappa shape index (κ1) is 13.1. The Labute approximate surface area is 112 Å². The summed E-state index contributed by atoms with van der Waals surface area (Å²) in [4.78, 5) is 16.1. The lowest BCUT2D eigenvalue weighted by Crippen LogP contribution is -2.24. The number of hydrogen-bond donors (Lipinski definition) is 2. The van der Waals surface area contributed by atoms with E-state index in [1.54, 1.807) is 6.07 Å². The average Bonchev–Trinajstić information content (AvgIpc) is 2.37. The monoisotopic (exact) mass is 255 g/mol. The van der Waals surface area contributed by atoms with Crippen LogP contribution in [-0.4, -0.2) is 10.9 Å². The number of rotatable bonds is 3. The van der Waals surface area contributed by atoms with E-state index in [4.69, 9.17) is 5.73 Å². The van der Waals surface area contributed by atoms with E-state index in [0.29, 0.717) is 17.8 Å². The first-order valence-electron chi connectivity index (χ1n) is 6.13. The zero-order chi connectivity index (χ0) is 13.8. The topological polar surface area (TPSA) is 68.0 Å². The van der Waals surface area contributed by atoms with Crippen molar-refractivity contribution in [2.75, 3.05) is 5.73 Å². The fourth-order valence-corrected chi connectivity index (χ4v) is 1.85. The standard InChI is InChI=1S/C15H17N3O/c1-10-5-3-4-6-12(10)8-18-15(19)13-9-17-11(2)7-14(13)16/h3-7,9H,8H2,1-2H3,(H2,16,17)(H,18,19). The Kier molecular flexibility index (Phi) is 3.80. The van der Waals surface area contributed by atoms with Gasteiger partial charge in [0.2, 0.25) is 0 Å². The lowest BCUT2D eigenvalue weighted by molar-refractivity contribution is 0.0951. The SMILES string of the molecule is Cc1cc(N)c(C(=O)NCc2ccccc2C)cn1. The molecule has 1 heterocycles. The summed E-state index contributed by atoms with van der Waals surface area (Å²) >= 11 is 0. The van der Waals surface area contributed by atoms with Gasteiger partial charge in [0.15, 0.2) is 0 Å². The number of amides is 1. The molecule has 0 saturated heterocycles. The number of carbonyl (C=O) groups excluding carboxylic acids is 1. The van der Waals surface area contributed by atoms with Crippen LogP contribution in [0.4, 0.5) is 5.69 Å². The highest BCUT2D eigenvalue weighted by atomic mass is 16.1. The van der Waals surface area contributed by atoms with Crippen molar-refractivity contribution in [3.8, 4) is 0 Å². The van der Waals surface area contributed by atoms with Crippen LogP contribution in [0, 0.1) is 13.8 Å². The molecule has 3 N–H and O–H groups in total. The molecule has 19 heavy (non-hydrogen) atoms. The number of anilines is 1. The molecular formula is C15H17N3O. The Morgan fingerprint density at radius 1 is 1.32 bits per heavy atom. The van der Waals surface area contributed by atoms with Gasteiger partial charge in [-0.05, 0) is 31.0 Å². The minimum Gasteiger partial charge on any atom is -0.398 e. The molecule has 2 rings (SSSR count). The quantitative estimate of drug-likeness (QED) is 0.883. The van der Waals surface area contributed by atoms with Gasteiger partial charge in [-0.15, -0.1) is 0 Å². The number of aryl methyl sites for hydroxylation is 2. The van der Waals surface area contributed by atoms with Gasteiger partial charge >= 0.3 is 0 Å². The summed E-state index contributed by atoms with van der Waals surface area (Å²) in [7, 11) is 0. The van der Waals surface area contributed by atoms with Gasteiger partial charge in [-0.1, -0.05) is 24.3 Å². The Balaban J connectivity index is 2.08. The van der Waals surface area contributed by atoms with Gasteiger partial charge in [-0.2, -0.15) is 0 Å². The molecule has 0 saturated carbocycles. The molecule has 4 heteroatoms. The van der Waals surface area contributed by atoms with E-state index in [9.17, 15) is 4.79 Å². The minimum atomic E-state index is -0.201. The summed E-state index contributed by atoms with van der Waals surface area (Å²) in [5.74, 6) is -0.201. The molecule has 4 nitrogen and oxygen atoms in total. The normalized spacial score (nSPS) is 10.2. The van der Waals surface area contributed by atoms with Crippen molar-refractivity contribution in [1.82, 2.24) is 10.3 Å². The molecule has 0 radical (unpaired) electrons. The van der Waals surface area contributed by atoms with E-state index < -0.39 is 0 Å². The Bertz CT molecular complexity index is 608. The Hall–Kier alpha value is -2.36. The van der Waals surface area contributed by atoms with Crippen molar-refractivity contribution in [1.29, 1.82) is 0 Å². The fourth-order valence-electron chi connectivity index (χ4n) is 1.85. The van der Waals surface area contributed by atoms with E-state index >= 15 is 0 Å². The Morgan fingerprint density at radius 3 is 2.74 bits per heavy atom. The molecule has 0 unspecified atom stereocenters. The lowest BCUT2D eigenvalue weighted by atomic mass is 10.1. The van der Waals surface area contributed by atoms with Gasteiger partial charge in [0, 0.05) is 24.1 Å². The predicted octanol–water partition coefficient (Wildman–Crippen LogP) is 2.21. The van der Waals surface area contributed by atoms with Crippen LogP contribution in [0.5, 0.6) is 0 Å². The summed E-state index contributed by atoms with van der Waals surface area (Å²) in [6, 6.07) is 9.64. The second kappa shape index (κ2) is 5.52. The first-order valence-corrected chi connectivity index (χ1v) is 6.13. The molecule has 1 aromatic carbocycles. The fraction of sp³-hybridized carbons (Fsp3) is 0.200. The van der Waals surface area contributed by atoms with Crippen LogP contribution < -0.4 is 11.1 Å². The number of nitrogens with one attached hydrogen (secondary N) is 1. The van der Waals surface area contributed by atoms with Gasteiger partial charge in [0.25, 0.3) is 5.91 Å². The van der Waals surface area contributed by atoms with Crippen molar-refractivity contribution in [2.45, 2.75) is 20.4 Å². The molecule has 1 aromatic heterocycles. The summed E-state index contributed by atoms with van der Waals surface area (Å²) in [6.45, 7) is 4.34. The minimum absolute atomic E-state index is 0.201. The molecule has 0 bridgehead atoms. The van der Waals surface area contributed by atoms with Gasteiger partial charge in [-0.25, -0.2) is 0 Å². The zero-order valence-corrected chi connectivity index (χ0v) is 11.1. The van der Waals surface area contributed by atoms with Crippen molar-refractivity contribution < 1.29 is 4.79 Å². The molecule has 2 aromatic rings. The van der Waals surface area contributed by atoms with E-state index in [1.807, 2.05) is 38.1 Å². The summed E-state index contributed by atoms with van der Waals surface area (Å²) in [5, 5.41) is 2.86. The maximum Gasteiger partial charge on any atom is 0.255 e. The van der Waals surface area contributed by atoms with Gasteiger partial charge in [0.05, 0.1) is 5.56 Å². The van der Waals surface area contributed by atoms with Crippen LogP contribution in [0.2, 0.25) is 0 Å². The molecule has 0 aliphatic heterocycles. The number of hydrogen-bond acceptors (Lipinski definition) is 3. The van der Waals surface area contributed by atoms with Crippen molar-refractivity contribution in [2.24, 2.45) is 0 Å². The number of nitrogens with two attached hydrogens (primary N) is 1. The largest absolute Gasteiger partial charge is 0.398 e.